The fourth-order valence-electron chi connectivity index (χ4n) is 4.42. The third-order valence-electron chi connectivity index (χ3n) is 6.35. The van der Waals surface area contributed by atoms with E-state index in [9.17, 15) is 13.2 Å². The van der Waals surface area contributed by atoms with Gasteiger partial charge in [-0.25, -0.2) is 9.97 Å². The Morgan fingerprint density at radius 1 is 1.06 bits per heavy atom. The summed E-state index contributed by atoms with van der Waals surface area (Å²) in [6.07, 6.45) is 7.86. The van der Waals surface area contributed by atoms with E-state index in [4.69, 9.17) is 0 Å². The zero-order valence-corrected chi connectivity index (χ0v) is 19.4. The van der Waals surface area contributed by atoms with Crippen molar-refractivity contribution in [2.45, 2.75) is 30.1 Å². The number of piperidine rings is 1. The summed E-state index contributed by atoms with van der Waals surface area (Å²) in [6, 6.07) is 4.88. The molecule has 2 aliphatic rings. The molecule has 4 aromatic rings. The van der Waals surface area contributed by atoms with Gasteiger partial charge in [0.05, 0.1) is 24.0 Å². The minimum Gasteiger partial charge on any atom is -0.317 e. The Morgan fingerprint density at radius 3 is 2.74 bits per heavy atom. The second-order valence-corrected chi connectivity index (χ2v) is 9.58. The van der Waals surface area contributed by atoms with Crippen molar-refractivity contribution in [2.24, 2.45) is 5.10 Å². The van der Waals surface area contributed by atoms with Crippen LogP contribution in [0.1, 0.15) is 30.1 Å². The van der Waals surface area contributed by atoms with Gasteiger partial charge in [0.1, 0.15) is 22.6 Å². The summed E-state index contributed by atoms with van der Waals surface area (Å²) in [5, 5.41) is 13.9. The number of imidazole rings is 1. The Labute approximate surface area is 202 Å². The molecule has 180 valence electrons. The van der Waals surface area contributed by atoms with Crippen LogP contribution in [0, 0.1) is 0 Å². The van der Waals surface area contributed by atoms with E-state index in [0.29, 0.717) is 22.6 Å². The molecule has 6 heterocycles. The van der Waals surface area contributed by atoms with Crippen LogP contribution in [-0.2, 0) is 6.18 Å². The maximum Gasteiger partial charge on any atom is 0.417 e. The quantitative estimate of drug-likeness (QED) is 0.413. The lowest BCUT2D eigenvalue weighted by Gasteiger charge is -2.22. The molecule has 0 amide bonds. The molecule has 0 bridgehead atoms. The predicted octanol–water partition coefficient (Wildman–Crippen LogP) is 3.15. The van der Waals surface area contributed by atoms with Gasteiger partial charge in [0, 0.05) is 35.8 Å². The van der Waals surface area contributed by atoms with E-state index < -0.39 is 11.7 Å². The van der Waals surface area contributed by atoms with E-state index >= 15 is 0 Å². The number of quaternary nitrogens is 1. The highest BCUT2D eigenvalue weighted by atomic mass is 32.2. The standard InChI is InChI=1S/C23H21F3N8S/c24-23(25,26)17-1-2-21-29-11-22(32(21)13-17)35-14-34-20-7-15(8-28-19(20)10-31-34)16-9-30-33(12-16)18-3-5-27-6-4-18/h1-2,7-13,18,27H,3-6,14H2/p+1. The van der Waals surface area contributed by atoms with E-state index in [1.807, 2.05) is 17.1 Å². The van der Waals surface area contributed by atoms with Crippen LogP contribution in [0.25, 0.3) is 16.8 Å². The summed E-state index contributed by atoms with van der Waals surface area (Å²) < 4.78 is 43.0. The van der Waals surface area contributed by atoms with E-state index in [1.165, 1.54) is 22.2 Å². The Hall–Kier alpha value is -3.22. The van der Waals surface area contributed by atoms with E-state index in [0.717, 1.165) is 65.7 Å². The molecule has 35 heavy (non-hydrogen) atoms. The second-order valence-electron chi connectivity index (χ2n) is 8.58. The lowest BCUT2D eigenvalue weighted by molar-refractivity contribution is -0.822. The maximum atomic E-state index is 13.2. The average Bonchev–Trinajstić information content (AvgIpc) is 3.60. The summed E-state index contributed by atoms with van der Waals surface area (Å²) in [4.78, 5) is 8.80. The number of halogens is 3. The molecule has 0 radical (unpaired) electrons. The fraction of sp³-hybridized carbons (Fsp3) is 0.304. The van der Waals surface area contributed by atoms with Gasteiger partial charge in [-0.15, -0.1) is 0 Å². The summed E-state index contributed by atoms with van der Waals surface area (Å²) in [6.45, 7) is 2.00. The monoisotopic (exact) mass is 499 g/mol. The van der Waals surface area contributed by atoms with Gasteiger partial charge in [-0.05, 0) is 49.8 Å². The molecule has 1 saturated heterocycles. The molecule has 12 heteroatoms. The number of thioether (sulfide) groups is 1. The van der Waals surface area contributed by atoms with Crippen LogP contribution in [0.15, 0.2) is 59.3 Å². The van der Waals surface area contributed by atoms with Crippen LogP contribution in [0.4, 0.5) is 18.9 Å². The zero-order chi connectivity index (χ0) is 24.0. The third kappa shape index (κ3) is 4.32. The molecule has 2 aliphatic heterocycles. The van der Waals surface area contributed by atoms with Crippen LogP contribution >= 0.6 is 11.8 Å². The average molecular weight is 500 g/mol. The lowest BCUT2D eigenvalue weighted by Crippen LogP contribution is -3.00. The van der Waals surface area contributed by atoms with Gasteiger partial charge in [0.2, 0.25) is 0 Å². The van der Waals surface area contributed by atoms with Crippen molar-refractivity contribution in [3.05, 3.63) is 60.4 Å². The predicted molar refractivity (Wildman–Crippen MR) is 126 cm³/mol. The molecule has 0 saturated carbocycles. The van der Waals surface area contributed by atoms with Crippen molar-refractivity contribution < 1.29 is 18.2 Å². The smallest absolute Gasteiger partial charge is 0.317 e. The molecule has 0 aromatic carbocycles. The van der Waals surface area contributed by atoms with Crippen molar-refractivity contribution >= 4 is 29.3 Å². The molecule has 6 rings (SSSR count). The van der Waals surface area contributed by atoms with E-state index in [2.05, 4.69) is 37.7 Å². The van der Waals surface area contributed by atoms with Crippen molar-refractivity contribution in [3.63, 3.8) is 0 Å². The topological polar surface area (TPSA) is 76.8 Å². The van der Waals surface area contributed by atoms with Gasteiger partial charge in [0.25, 0.3) is 0 Å². The Balaban J connectivity index is 1.21. The minimum absolute atomic E-state index is 0.401. The first kappa shape index (κ1) is 22.3. The highest BCUT2D eigenvalue weighted by Crippen LogP contribution is 2.31. The lowest BCUT2D eigenvalue weighted by atomic mass is 10.1. The van der Waals surface area contributed by atoms with Gasteiger partial charge < -0.3 is 5.32 Å². The first-order valence-electron chi connectivity index (χ1n) is 11.3. The SMILES string of the molecule is FC(F)(F)c1ccc2ncc(SC[NH+]3N=Cc4ncc(-c5cnn(C6CCNCC6)c5)cc43)n2c1. The van der Waals surface area contributed by atoms with Crippen molar-refractivity contribution in [1.82, 2.24) is 29.5 Å². The number of hydrogen-bond acceptors (Lipinski definition) is 6. The largest absolute Gasteiger partial charge is 0.417 e. The summed E-state index contributed by atoms with van der Waals surface area (Å²) in [7, 11) is 0. The van der Waals surface area contributed by atoms with Gasteiger partial charge in [-0.1, -0.05) is 5.10 Å². The Kier molecular flexibility index (Phi) is 5.58. The molecule has 0 spiro atoms. The van der Waals surface area contributed by atoms with E-state index in [-0.39, 0.29) is 0 Å². The molecule has 1 atom stereocenters. The van der Waals surface area contributed by atoms with Gasteiger partial charge in [0.15, 0.2) is 11.6 Å². The number of alkyl halides is 3. The summed E-state index contributed by atoms with van der Waals surface area (Å²) in [5.74, 6) is 0.479. The summed E-state index contributed by atoms with van der Waals surface area (Å²) in [5.41, 5.74) is 3.43. The van der Waals surface area contributed by atoms with Crippen LogP contribution in [0.3, 0.4) is 0 Å². The molecular weight excluding hydrogens is 477 g/mol. The molecule has 1 fully saturated rings. The number of fused-ring (bicyclic) bond motifs is 2. The number of nitrogens with zero attached hydrogens (tertiary/aromatic N) is 6. The van der Waals surface area contributed by atoms with Crippen molar-refractivity contribution in [3.8, 4) is 11.1 Å². The number of hydrogen-bond donors (Lipinski definition) is 2. The molecule has 2 N–H and O–H groups in total. The third-order valence-corrected chi connectivity index (χ3v) is 7.36. The van der Waals surface area contributed by atoms with Crippen LogP contribution in [-0.4, -0.2) is 49.3 Å². The number of rotatable bonds is 5. The van der Waals surface area contributed by atoms with Gasteiger partial charge in [-0.2, -0.15) is 23.3 Å². The normalized spacial score (nSPS) is 18.4. The highest BCUT2D eigenvalue weighted by Gasteiger charge is 2.31. The first-order valence-corrected chi connectivity index (χ1v) is 12.3. The number of aromatic nitrogens is 5. The highest BCUT2D eigenvalue weighted by molar-refractivity contribution is 7.99. The molecule has 0 aliphatic carbocycles. The fourth-order valence-corrected chi connectivity index (χ4v) is 5.35. The maximum absolute atomic E-state index is 13.2. The molecular formula is C23H22F3N8S+. The van der Waals surface area contributed by atoms with Crippen LogP contribution in [0.5, 0.6) is 0 Å². The van der Waals surface area contributed by atoms with Crippen LogP contribution in [0.2, 0.25) is 0 Å². The van der Waals surface area contributed by atoms with Crippen molar-refractivity contribution in [1.29, 1.82) is 0 Å². The van der Waals surface area contributed by atoms with Gasteiger partial charge >= 0.3 is 6.18 Å². The second kappa shape index (κ2) is 8.77. The number of pyridine rings is 2. The van der Waals surface area contributed by atoms with Crippen molar-refractivity contribution in [2.75, 3.05) is 19.0 Å². The summed E-state index contributed by atoms with van der Waals surface area (Å²) >= 11 is 1.39. The molecule has 8 nitrogen and oxygen atoms in total. The molecule has 1 unspecified atom stereocenters. The number of nitrogens with one attached hydrogen (secondary N) is 2. The molecule has 4 aromatic heterocycles. The Morgan fingerprint density at radius 2 is 1.91 bits per heavy atom. The minimum atomic E-state index is -4.41. The van der Waals surface area contributed by atoms with E-state index in [1.54, 1.807) is 12.4 Å². The zero-order valence-electron chi connectivity index (χ0n) is 18.5. The Bertz CT molecular complexity index is 1400. The van der Waals surface area contributed by atoms with Gasteiger partial charge in [-0.3, -0.25) is 9.08 Å². The first-order chi connectivity index (χ1) is 17.0. The van der Waals surface area contributed by atoms with Crippen LogP contribution < -0.4 is 10.3 Å².